The van der Waals surface area contributed by atoms with Gasteiger partial charge in [0.05, 0.1) is 20.1 Å². The van der Waals surface area contributed by atoms with Gasteiger partial charge in [0.1, 0.15) is 0 Å². The van der Waals surface area contributed by atoms with Crippen molar-refractivity contribution in [2.24, 2.45) is 0 Å². The molecule has 38 heavy (non-hydrogen) atoms. The van der Waals surface area contributed by atoms with Crippen LogP contribution >= 0.6 is 41.8 Å². The Morgan fingerprint density at radius 3 is 1.08 bits per heavy atom. The van der Waals surface area contributed by atoms with E-state index in [1.54, 1.807) is 121 Å². The molecule has 0 amide bonds. The van der Waals surface area contributed by atoms with Crippen LogP contribution in [0.4, 0.5) is 8.78 Å². The molecule has 5 rings (SSSR count). The third-order valence-electron chi connectivity index (χ3n) is 6.33. The predicted molar refractivity (Wildman–Crippen MR) is 158 cm³/mol. The zero-order valence-electron chi connectivity index (χ0n) is 19.8. The molecule has 0 unspecified atom stereocenters. The zero-order valence-corrected chi connectivity index (χ0v) is 23.9. The maximum atomic E-state index is 16.4. The summed E-state index contributed by atoms with van der Waals surface area (Å²) in [4.78, 5) is 0. The summed E-state index contributed by atoms with van der Waals surface area (Å²) >= 11 is 10.1. The lowest BCUT2D eigenvalue weighted by atomic mass is 10.3. The second-order valence-electron chi connectivity index (χ2n) is 8.51. The standard InChI is InChI=1S/C30H20BrClF2O2P2/c31-25-26(32)30(38(36,23-17-9-3-10-18-23)24-19-11-4-12-20-24)28(34)27(33)29(25)37(35,21-13-5-1-6-14-21)22-15-7-2-8-16-22/h1-20H. The van der Waals surface area contributed by atoms with Crippen molar-refractivity contribution in [3.8, 4) is 0 Å². The fourth-order valence-corrected chi connectivity index (χ4v) is 11.9. The van der Waals surface area contributed by atoms with Gasteiger partial charge in [0.25, 0.3) is 0 Å². The molecule has 8 heteroatoms. The molecule has 0 aromatic heterocycles. The summed E-state index contributed by atoms with van der Waals surface area (Å²) in [7, 11) is -7.95. The molecule has 0 bridgehead atoms. The van der Waals surface area contributed by atoms with E-state index in [0.29, 0.717) is 21.2 Å². The molecule has 0 saturated heterocycles. The van der Waals surface area contributed by atoms with E-state index in [2.05, 4.69) is 15.9 Å². The van der Waals surface area contributed by atoms with Crippen molar-refractivity contribution in [2.45, 2.75) is 0 Å². The molecule has 5 aromatic rings. The van der Waals surface area contributed by atoms with Gasteiger partial charge < -0.3 is 9.13 Å². The Hall–Kier alpha value is -2.81. The molecular formula is C30H20BrClF2O2P2. The molecule has 5 aromatic carbocycles. The second kappa shape index (κ2) is 10.8. The Bertz CT molecular complexity index is 1460. The first-order chi connectivity index (χ1) is 18.3. The van der Waals surface area contributed by atoms with E-state index in [1.807, 2.05) is 0 Å². The molecule has 0 heterocycles. The van der Waals surface area contributed by atoms with Gasteiger partial charge in [-0.15, -0.1) is 0 Å². The van der Waals surface area contributed by atoms with Crippen LogP contribution in [0.25, 0.3) is 0 Å². The van der Waals surface area contributed by atoms with E-state index in [1.165, 1.54) is 0 Å². The molecule has 0 N–H and O–H groups in total. The molecule has 0 aliphatic rings. The third-order valence-corrected chi connectivity index (χ3v) is 14.4. The molecule has 0 spiro atoms. The minimum absolute atomic E-state index is 0.101. The smallest absolute Gasteiger partial charge is 0.175 e. The molecule has 0 saturated carbocycles. The number of halogens is 4. The maximum Gasteiger partial charge on any atom is 0.175 e. The fraction of sp³-hybridized carbons (Fsp3) is 0. The largest absolute Gasteiger partial charge is 0.308 e. The van der Waals surface area contributed by atoms with Crippen LogP contribution in [0.1, 0.15) is 0 Å². The van der Waals surface area contributed by atoms with Crippen molar-refractivity contribution in [1.82, 2.24) is 0 Å². The van der Waals surface area contributed by atoms with Crippen molar-refractivity contribution >= 4 is 73.6 Å². The van der Waals surface area contributed by atoms with Crippen LogP contribution in [0.5, 0.6) is 0 Å². The monoisotopic (exact) mass is 626 g/mol. The highest BCUT2D eigenvalue weighted by atomic mass is 79.9. The topological polar surface area (TPSA) is 34.1 Å². The first kappa shape index (κ1) is 26.8. The van der Waals surface area contributed by atoms with Gasteiger partial charge in [-0.2, -0.15) is 0 Å². The Morgan fingerprint density at radius 2 is 0.763 bits per heavy atom. The van der Waals surface area contributed by atoms with Gasteiger partial charge in [-0.25, -0.2) is 8.78 Å². The van der Waals surface area contributed by atoms with E-state index >= 15 is 8.78 Å². The van der Waals surface area contributed by atoms with E-state index in [-0.39, 0.29) is 9.50 Å². The number of hydrogen-bond donors (Lipinski definition) is 0. The quantitative estimate of drug-likeness (QED) is 0.156. The average Bonchev–Trinajstić information content (AvgIpc) is 2.98. The van der Waals surface area contributed by atoms with Gasteiger partial charge in [-0.3, -0.25) is 0 Å². The van der Waals surface area contributed by atoms with Crippen LogP contribution in [0, 0.1) is 11.6 Å². The molecule has 0 aliphatic heterocycles. The summed E-state index contributed by atoms with van der Waals surface area (Å²) < 4.78 is 62.4. The highest BCUT2D eigenvalue weighted by molar-refractivity contribution is 9.10. The summed E-state index contributed by atoms with van der Waals surface area (Å²) in [6.45, 7) is 0. The van der Waals surface area contributed by atoms with Crippen molar-refractivity contribution < 1.29 is 17.9 Å². The van der Waals surface area contributed by atoms with Crippen molar-refractivity contribution in [2.75, 3.05) is 0 Å². The van der Waals surface area contributed by atoms with E-state index in [4.69, 9.17) is 11.6 Å². The Balaban J connectivity index is 1.88. The highest BCUT2D eigenvalue weighted by Gasteiger charge is 2.43. The van der Waals surface area contributed by atoms with E-state index in [0.717, 1.165) is 0 Å². The first-order valence-corrected chi connectivity index (χ1v) is 16.2. The van der Waals surface area contributed by atoms with Gasteiger partial charge in [-0.05, 0) is 15.9 Å². The molecule has 0 fully saturated rings. The Kier molecular flexibility index (Phi) is 7.58. The number of hydrogen-bond acceptors (Lipinski definition) is 2. The normalized spacial score (nSPS) is 11.9. The fourth-order valence-electron chi connectivity index (χ4n) is 4.53. The third kappa shape index (κ3) is 4.32. The Morgan fingerprint density at radius 1 is 0.500 bits per heavy atom. The molecule has 0 aliphatic carbocycles. The maximum absolute atomic E-state index is 16.4. The summed E-state index contributed by atoms with van der Waals surface area (Å²) in [5, 5.41) is 0.0283. The van der Waals surface area contributed by atoms with Gasteiger partial charge >= 0.3 is 0 Å². The first-order valence-electron chi connectivity index (χ1n) is 11.6. The molecule has 190 valence electrons. The molecule has 2 nitrogen and oxygen atoms in total. The van der Waals surface area contributed by atoms with Crippen LogP contribution in [0.15, 0.2) is 126 Å². The van der Waals surface area contributed by atoms with Crippen molar-refractivity contribution in [1.29, 1.82) is 0 Å². The predicted octanol–water partition coefficient (Wildman–Crippen LogP) is 6.66. The highest BCUT2D eigenvalue weighted by Crippen LogP contribution is 2.51. The lowest BCUT2D eigenvalue weighted by Crippen LogP contribution is -2.35. The summed E-state index contributed by atoms with van der Waals surface area (Å²) in [6.07, 6.45) is 0. The number of benzene rings is 5. The lowest BCUT2D eigenvalue weighted by Gasteiger charge is -2.26. The van der Waals surface area contributed by atoms with Gasteiger partial charge in [0.2, 0.25) is 0 Å². The molecule has 0 radical (unpaired) electrons. The van der Waals surface area contributed by atoms with E-state index in [9.17, 15) is 9.13 Å². The van der Waals surface area contributed by atoms with Crippen LogP contribution in [-0.2, 0) is 9.13 Å². The Labute approximate surface area is 233 Å². The van der Waals surface area contributed by atoms with Crippen LogP contribution in [0.3, 0.4) is 0 Å². The SMILES string of the molecule is O=P(c1ccccc1)(c1ccccc1)c1c(F)c(F)c(P(=O)(c2ccccc2)c2ccccc2)c(Br)c1Cl. The van der Waals surface area contributed by atoms with Crippen LogP contribution < -0.4 is 31.8 Å². The van der Waals surface area contributed by atoms with Gasteiger partial charge in [0, 0.05) is 21.2 Å². The number of rotatable bonds is 6. The van der Waals surface area contributed by atoms with Crippen LogP contribution in [0.2, 0.25) is 5.02 Å². The average molecular weight is 628 g/mol. The minimum atomic E-state index is -3.99. The molecule has 0 atom stereocenters. The van der Waals surface area contributed by atoms with Gasteiger partial charge in [-0.1, -0.05) is 133 Å². The van der Waals surface area contributed by atoms with Crippen molar-refractivity contribution in [3.63, 3.8) is 0 Å². The minimum Gasteiger partial charge on any atom is -0.308 e. The zero-order chi connectivity index (χ0) is 26.9. The summed E-state index contributed by atoms with van der Waals surface area (Å²) in [5.41, 5.74) is 0. The lowest BCUT2D eigenvalue weighted by molar-refractivity contribution is 0.516. The summed E-state index contributed by atoms with van der Waals surface area (Å²) in [6, 6.07) is 33.2. The van der Waals surface area contributed by atoms with Crippen molar-refractivity contribution in [3.05, 3.63) is 142 Å². The summed E-state index contributed by atoms with van der Waals surface area (Å²) in [5.74, 6) is -2.75. The molecular weight excluding hydrogens is 608 g/mol. The van der Waals surface area contributed by atoms with Gasteiger partial charge in [0.15, 0.2) is 25.9 Å². The van der Waals surface area contributed by atoms with Crippen LogP contribution in [-0.4, -0.2) is 0 Å². The second-order valence-corrected chi connectivity index (χ2v) is 15.1. The van der Waals surface area contributed by atoms with E-state index < -0.39 is 36.5 Å².